The maximum Gasteiger partial charge on any atom is 0.241 e. The molecule has 2 aliphatic rings. The number of hydrogen-bond acceptors (Lipinski definition) is 3. The van der Waals surface area contributed by atoms with Crippen molar-refractivity contribution in [3.63, 3.8) is 0 Å². The number of piperidine rings is 1. The number of nitrogens with one attached hydrogen (secondary N) is 1. The molecule has 4 nitrogen and oxygen atoms in total. The summed E-state index contributed by atoms with van der Waals surface area (Å²) in [6.07, 6.45) is 4.44. The zero-order valence-electron chi connectivity index (χ0n) is 12.8. The molecule has 0 aromatic heterocycles. The van der Waals surface area contributed by atoms with Crippen LogP contribution in [-0.4, -0.2) is 50.1 Å². The van der Waals surface area contributed by atoms with Crippen molar-refractivity contribution in [3.05, 3.63) is 29.8 Å². The van der Waals surface area contributed by atoms with E-state index >= 15 is 0 Å². The fourth-order valence-corrected chi connectivity index (χ4v) is 3.47. The molecule has 0 spiro atoms. The van der Waals surface area contributed by atoms with Crippen molar-refractivity contribution in [3.8, 4) is 0 Å². The van der Waals surface area contributed by atoms with Gasteiger partial charge in [0.15, 0.2) is 0 Å². The van der Waals surface area contributed by atoms with Crippen molar-refractivity contribution < 1.29 is 4.79 Å². The summed E-state index contributed by atoms with van der Waals surface area (Å²) in [5.74, 6) is 0.239. The quantitative estimate of drug-likeness (QED) is 0.918. The molecule has 0 radical (unpaired) electrons. The number of benzene rings is 1. The van der Waals surface area contributed by atoms with E-state index in [1.807, 2.05) is 11.0 Å². The predicted octanol–water partition coefficient (Wildman–Crippen LogP) is 1.65. The van der Waals surface area contributed by atoms with E-state index in [1.165, 1.54) is 5.56 Å². The van der Waals surface area contributed by atoms with Gasteiger partial charge in [0.2, 0.25) is 5.91 Å². The third-order valence-corrected chi connectivity index (χ3v) is 4.73. The van der Waals surface area contributed by atoms with Crippen molar-refractivity contribution in [2.45, 2.75) is 31.7 Å². The second-order valence-electron chi connectivity index (χ2n) is 6.17. The summed E-state index contributed by atoms with van der Waals surface area (Å²) in [4.78, 5) is 16.9. The Balaban J connectivity index is 1.66. The highest BCUT2D eigenvalue weighted by Gasteiger charge is 2.25. The van der Waals surface area contributed by atoms with Crippen molar-refractivity contribution in [2.75, 3.05) is 38.1 Å². The molecule has 0 saturated carbocycles. The monoisotopic (exact) mass is 287 g/mol. The van der Waals surface area contributed by atoms with Gasteiger partial charge in [0.1, 0.15) is 0 Å². The van der Waals surface area contributed by atoms with Crippen LogP contribution in [0.2, 0.25) is 0 Å². The van der Waals surface area contributed by atoms with Crippen LogP contribution in [0.25, 0.3) is 0 Å². The van der Waals surface area contributed by atoms with Gasteiger partial charge in [-0.3, -0.25) is 9.69 Å². The zero-order chi connectivity index (χ0) is 14.7. The summed E-state index contributed by atoms with van der Waals surface area (Å²) in [5.41, 5.74) is 2.43. The molecule has 1 fully saturated rings. The lowest BCUT2D eigenvalue weighted by Crippen LogP contribution is -2.47. The van der Waals surface area contributed by atoms with Crippen LogP contribution in [0.3, 0.4) is 0 Å². The fraction of sp³-hybridized carbons (Fsp3) is 0.588. The largest absolute Gasteiger partial charge is 0.317 e. The first-order chi connectivity index (χ1) is 10.3. The topological polar surface area (TPSA) is 35.6 Å². The normalized spacial score (nSPS) is 19.6. The molecule has 2 heterocycles. The number of carbonyl (C=O) groups excluding carboxylic acids is 1. The number of para-hydroxylation sites is 1. The van der Waals surface area contributed by atoms with Crippen molar-refractivity contribution >= 4 is 11.6 Å². The molecule has 0 unspecified atom stereocenters. The van der Waals surface area contributed by atoms with Gasteiger partial charge >= 0.3 is 0 Å². The molecule has 1 aromatic rings. The molecular weight excluding hydrogens is 262 g/mol. The van der Waals surface area contributed by atoms with E-state index < -0.39 is 0 Å². The van der Waals surface area contributed by atoms with Crippen LogP contribution >= 0.6 is 0 Å². The Labute approximate surface area is 127 Å². The minimum absolute atomic E-state index is 0.239. The Morgan fingerprint density at radius 1 is 1.33 bits per heavy atom. The van der Waals surface area contributed by atoms with E-state index in [1.54, 1.807) is 0 Å². The van der Waals surface area contributed by atoms with Gasteiger partial charge in [-0.2, -0.15) is 0 Å². The SMILES string of the molecule is CN(CC(=O)N1CCCc2ccccc21)C1CCNCC1. The Morgan fingerprint density at radius 3 is 2.90 bits per heavy atom. The average Bonchev–Trinajstić information content (AvgIpc) is 2.55. The highest BCUT2D eigenvalue weighted by molar-refractivity contribution is 5.95. The maximum atomic E-state index is 12.7. The third-order valence-electron chi connectivity index (χ3n) is 4.73. The van der Waals surface area contributed by atoms with Crippen LogP contribution in [0.15, 0.2) is 24.3 Å². The lowest BCUT2D eigenvalue weighted by molar-refractivity contribution is -0.120. The van der Waals surface area contributed by atoms with E-state index in [2.05, 4.69) is 35.5 Å². The van der Waals surface area contributed by atoms with E-state index in [4.69, 9.17) is 0 Å². The van der Waals surface area contributed by atoms with Gasteiger partial charge in [0.05, 0.1) is 6.54 Å². The number of anilines is 1. The molecule has 1 N–H and O–H groups in total. The highest BCUT2D eigenvalue weighted by atomic mass is 16.2. The lowest BCUT2D eigenvalue weighted by Gasteiger charge is -2.34. The first-order valence-electron chi connectivity index (χ1n) is 8.05. The summed E-state index contributed by atoms with van der Waals surface area (Å²) in [7, 11) is 2.09. The smallest absolute Gasteiger partial charge is 0.241 e. The summed E-state index contributed by atoms with van der Waals surface area (Å²) >= 11 is 0. The van der Waals surface area contributed by atoms with Gasteiger partial charge in [-0.05, 0) is 57.5 Å². The maximum absolute atomic E-state index is 12.7. The van der Waals surface area contributed by atoms with Crippen LogP contribution in [-0.2, 0) is 11.2 Å². The lowest BCUT2D eigenvalue weighted by atomic mass is 10.0. The second kappa shape index (κ2) is 6.58. The molecule has 0 bridgehead atoms. The number of amides is 1. The zero-order valence-corrected chi connectivity index (χ0v) is 12.8. The van der Waals surface area contributed by atoms with E-state index in [9.17, 15) is 4.79 Å². The molecule has 0 atom stereocenters. The number of aryl methyl sites for hydroxylation is 1. The summed E-state index contributed by atoms with van der Waals surface area (Å²) in [5, 5.41) is 3.38. The predicted molar refractivity (Wildman–Crippen MR) is 85.6 cm³/mol. The van der Waals surface area contributed by atoms with Crippen LogP contribution < -0.4 is 10.2 Å². The van der Waals surface area contributed by atoms with E-state index in [0.717, 1.165) is 51.0 Å². The molecule has 3 rings (SSSR count). The summed E-state index contributed by atoms with van der Waals surface area (Å²) in [6, 6.07) is 8.85. The second-order valence-corrected chi connectivity index (χ2v) is 6.17. The first kappa shape index (κ1) is 14.5. The van der Waals surface area contributed by atoms with Crippen molar-refractivity contribution in [2.24, 2.45) is 0 Å². The summed E-state index contributed by atoms with van der Waals surface area (Å²) < 4.78 is 0. The number of likely N-dealkylation sites (N-methyl/N-ethyl adjacent to an activating group) is 1. The standard InChI is InChI=1S/C17H25N3O/c1-19(15-8-10-18-11-9-15)13-17(21)20-12-4-6-14-5-2-3-7-16(14)20/h2-3,5,7,15,18H,4,6,8-13H2,1H3. The molecule has 1 saturated heterocycles. The Bertz CT molecular complexity index is 497. The number of nitrogens with zero attached hydrogens (tertiary/aromatic N) is 2. The van der Waals surface area contributed by atoms with Gasteiger partial charge in [-0.15, -0.1) is 0 Å². The van der Waals surface area contributed by atoms with Crippen LogP contribution in [0.1, 0.15) is 24.8 Å². The molecule has 21 heavy (non-hydrogen) atoms. The number of hydrogen-bond donors (Lipinski definition) is 1. The molecule has 1 aromatic carbocycles. The first-order valence-corrected chi connectivity index (χ1v) is 8.05. The number of fused-ring (bicyclic) bond motifs is 1. The van der Waals surface area contributed by atoms with Crippen LogP contribution in [0.5, 0.6) is 0 Å². The minimum Gasteiger partial charge on any atom is -0.317 e. The molecule has 1 amide bonds. The number of carbonyl (C=O) groups is 1. The average molecular weight is 287 g/mol. The Hall–Kier alpha value is -1.39. The van der Waals surface area contributed by atoms with Crippen LogP contribution in [0.4, 0.5) is 5.69 Å². The molecular formula is C17H25N3O. The third kappa shape index (κ3) is 3.27. The molecule has 114 valence electrons. The molecule has 2 aliphatic heterocycles. The van der Waals surface area contributed by atoms with Gasteiger partial charge < -0.3 is 10.2 Å². The minimum atomic E-state index is 0.239. The Kier molecular flexibility index (Phi) is 4.56. The van der Waals surface area contributed by atoms with Crippen LogP contribution in [0, 0.1) is 0 Å². The number of rotatable bonds is 3. The van der Waals surface area contributed by atoms with Gasteiger partial charge in [0, 0.05) is 18.3 Å². The van der Waals surface area contributed by atoms with Crippen molar-refractivity contribution in [1.82, 2.24) is 10.2 Å². The fourth-order valence-electron chi connectivity index (χ4n) is 3.47. The Morgan fingerprint density at radius 2 is 2.10 bits per heavy atom. The van der Waals surface area contributed by atoms with Gasteiger partial charge in [-0.1, -0.05) is 18.2 Å². The summed E-state index contributed by atoms with van der Waals surface area (Å²) in [6.45, 7) is 3.51. The van der Waals surface area contributed by atoms with E-state index in [-0.39, 0.29) is 5.91 Å². The van der Waals surface area contributed by atoms with Crippen molar-refractivity contribution in [1.29, 1.82) is 0 Å². The van der Waals surface area contributed by atoms with Gasteiger partial charge in [0.25, 0.3) is 0 Å². The highest BCUT2D eigenvalue weighted by Crippen LogP contribution is 2.26. The molecule has 0 aliphatic carbocycles. The molecule has 4 heteroatoms. The van der Waals surface area contributed by atoms with Gasteiger partial charge in [-0.25, -0.2) is 0 Å². The van der Waals surface area contributed by atoms with E-state index in [0.29, 0.717) is 12.6 Å².